The molecule has 2 aromatic rings. The number of thiophene rings is 1. The van der Waals surface area contributed by atoms with Crippen molar-refractivity contribution >= 4 is 17.0 Å². The summed E-state index contributed by atoms with van der Waals surface area (Å²) in [7, 11) is 0. The molecule has 0 aliphatic rings. The van der Waals surface area contributed by atoms with Crippen LogP contribution in [-0.2, 0) is 0 Å². The first-order chi connectivity index (χ1) is 5.77. The maximum atomic E-state index is 5.69. The molecular weight excluding hydrogens is 170 g/mol. The Kier molecular flexibility index (Phi) is 1.62. The van der Waals surface area contributed by atoms with Gasteiger partial charge in [0.25, 0.3) is 0 Å². The Morgan fingerprint density at radius 2 is 2.42 bits per heavy atom. The van der Waals surface area contributed by atoms with Crippen molar-refractivity contribution < 1.29 is 0 Å². The van der Waals surface area contributed by atoms with Gasteiger partial charge in [-0.3, -0.25) is 5.10 Å². The number of anilines is 1. The number of aryl methyl sites for hydroxylation is 1. The molecule has 0 saturated heterocycles. The number of rotatable bonds is 1. The summed E-state index contributed by atoms with van der Waals surface area (Å²) in [5.41, 5.74) is 8.58. The quantitative estimate of drug-likeness (QED) is 0.703. The van der Waals surface area contributed by atoms with Crippen LogP contribution >= 0.6 is 11.3 Å². The number of hydrogen-bond acceptors (Lipinski definition) is 3. The van der Waals surface area contributed by atoms with E-state index in [9.17, 15) is 0 Å². The maximum Gasteiger partial charge on any atom is 0.0979 e. The number of nitrogens with zero attached hydrogens (tertiary/aromatic N) is 1. The summed E-state index contributed by atoms with van der Waals surface area (Å²) >= 11 is 1.67. The molecule has 0 aliphatic heterocycles. The summed E-state index contributed by atoms with van der Waals surface area (Å²) in [4.78, 5) is 1.14. The molecule has 4 heteroatoms. The van der Waals surface area contributed by atoms with Crippen LogP contribution in [-0.4, -0.2) is 10.2 Å². The Hall–Kier alpha value is -1.29. The van der Waals surface area contributed by atoms with E-state index in [1.54, 1.807) is 17.5 Å². The van der Waals surface area contributed by atoms with E-state index in [4.69, 9.17) is 5.73 Å². The van der Waals surface area contributed by atoms with Gasteiger partial charge in [-0.05, 0) is 23.9 Å². The lowest BCUT2D eigenvalue weighted by atomic mass is 10.3. The van der Waals surface area contributed by atoms with E-state index in [1.165, 1.54) is 5.56 Å². The fourth-order valence-corrected chi connectivity index (χ4v) is 1.97. The van der Waals surface area contributed by atoms with Crippen LogP contribution < -0.4 is 5.73 Å². The minimum absolute atomic E-state index is 0.705. The molecule has 0 amide bonds. The van der Waals surface area contributed by atoms with E-state index in [0.717, 1.165) is 10.6 Å². The third kappa shape index (κ3) is 1.10. The minimum Gasteiger partial charge on any atom is -0.396 e. The average Bonchev–Trinajstić information content (AvgIpc) is 2.58. The first-order valence-electron chi connectivity index (χ1n) is 3.62. The second-order valence-corrected chi connectivity index (χ2v) is 3.60. The fraction of sp³-hybridized carbons (Fsp3) is 0.125. The lowest BCUT2D eigenvalue weighted by Gasteiger charge is -1.91. The lowest BCUT2D eigenvalue weighted by molar-refractivity contribution is 1.10. The first kappa shape index (κ1) is 7.36. The zero-order chi connectivity index (χ0) is 8.55. The molecule has 0 fully saturated rings. The van der Waals surface area contributed by atoms with Crippen LogP contribution in [0.3, 0.4) is 0 Å². The molecule has 0 aliphatic carbocycles. The molecule has 2 aromatic heterocycles. The molecular formula is C8H9N3S. The van der Waals surface area contributed by atoms with Gasteiger partial charge in [0.1, 0.15) is 0 Å². The third-order valence-corrected chi connectivity index (χ3v) is 2.71. The van der Waals surface area contributed by atoms with Gasteiger partial charge in [0.2, 0.25) is 0 Å². The molecule has 3 N–H and O–H groups in total. The molecule has 0 unspecified atom stereocenters. The van der Waals surface area contributed by atoms with Crippen LogP contribution in [0.5, 0.6) is 0 Å². The highest BCUT2D eigenvalue weighted by atomic mass is 32.1. The molecule has 0 radical (unpaired) electrons. The SMILES string of the molecule is Cc1csc(-c2[nH]ncc2N)c1. The number of nitrogens with one attached hydrogen (secondary N) is 1. The molecule has 2 rings (SSSR count). The molecule has 0 bridgehead atoms. The summed E-state index contributed by atoms with van der Waals surface area (Å²) < 4.78 is 0. The number of nitrogens with two attached hydrogens (primary N) is 1. The van der Waals surface area contributed by atoms with E-state index in [1.807, 2.05) is 0 Å². The van der Waals surface area contributed by atoms with E-state index in [0.29, 0.717) is 5.69 Å². The summed E-state index contributed by atoms with van der Waals surface area (Å²) in [5, 5.41) is 8.83. The van der Waals surface area contributed by atoms with Gasteiger partial charge in [0, 0.05) is 0 Å². The lowest BCUT2D eigenvalue weighted by Crippen LogP contribution is -1.83. The van der Waals surface area contributed by atoms with Crippen molar-refractivity contribution in [3.05, 3.63) is 23.2 Å². The largest absolute Gasteiger partial charge is 0.396 e. The van der Waals surface area contributed by atoms with Crippen molar-refractivity contribution in [3.63, 3.8) is 0 Å². The molecule has 12 heavy (non-hydrogen) atoms. The van der Waals surface area contributed by atoms with Gasteiger partial charge in [-0.15, -0.1) is 11.3 Å². The summed E-state index contributed by atoms with van der Waals surface area (Å²) in [6, 6.07) is 2.09. The van der Waals surface area contributed by atoms with Gasteiger partial charge in [-0.25, -0.2) is 0 Å². The summed E-state index contributed by atoms with van der Waals surface area (Å²) in [5.74, 6) is 0. The number of aromatic nitrogens is 2. The summed E-state index contributed by atoms with van der Waals surface area (Å²) in [6.45, 7) is 2.06. The van der Waals surface area contributed by atoms with Crippen LogP contribution in [0.15, 0.2) is 17.6 Å². The highest BCUT2D eigenvalue weighted by Gasteiger charge is 2.05. The summed E-state index contributed by atoms with van der Waals surface area (Å²) in [6.07, 6.45) is 1.63. The Morgan fingerprint density at radius 3 is 2.92 bits per heavy atom. The zero-order valence-electron chi connectivity index (χ0n) is 6.66. The standard InChI is InChI=1S/C8H9N3S/c1-5-2-7(12-4-5)8-6(9)3-10-11-8/h2-4H,9H2,1H3,(H,10,11). The van der Waals surface area contributed by atoms with Crippen molar-refractivity contribution in [1.82, 2.24) is 10.2 Å². The zero-order valence-corrected chi connectivity index (χ0v) is 7.48. The van der Waals surface area contributed by atoms with Gasteiger partial charge in [-0.2, -0.15) is 5.10 Å². The highest BCUT2D eigenvalue weighted by Crippen LogP contribution is 2.28. The fourth-order valence-electron chi connectivity index (χ4n) is 1.06. The third-order valence-electron chi connectivity index (χ3n) is 1.65. The molecule has 0 aromatic carbocycles. The van der Waals surface area contributed by atoms with E-state index in [2.05, 4.69) is 28.6 Å². The van der Waals surface area contributed by atoms with E-state index >= 15 is 0 Å². The molecule has 0 atom stereocenters. The Labute approximate surface area is 74.2 Å². The molecule has 0 spiro atoms. The first-order valence-corrected chi connectivity index (χ1v) is 4.49. The second-order valence-electron chi connectivity index (χ2n) is 2.69. The monoisotopic (exact) mass is 179 g/mol. The van der Waals surface area contributed by atoms with Crippen LogP contribution in [0.25, 0.3) is 10.6 Å². The van der Waals surface area contributed by atoms with Gasteiger partial charge in [-0.1, -0.05) is 0 Å². The smallest absolute Gasteiger partial charge is 0.0979 e. The van der Waals surface area contributed by atoms with E-state index < -0.39 is 0 Å². The topological polar surface area (TPSA) is 54.7 Å². The molecule has 0 saturated carbocycles. The van der Waals surface area contributed by atoms with Crippen LogP contribution in [0, 0.1) is 6.92 Å². The van der Waals surface area contributed by atoms with Crippen molar-refractivity contribution in [2.24, 2.45) is 0 Å². The van der Waals surface area contributed by atoms with Gasteiger partial charge in [0.15, 0.2) is 0 Å². The normalized spacial score (nSPS) is 10.4. The van der Waals surface area contributed by atoms with Crippen molar-refractivity contribution in [2.75, 3.05) is 5.73 Å². The number of H-pyrrole nitrogens is 1. The molecule has 62 valence electrons. The molecule has 2 heterocycles. The Balaban J connectivity index is 2.50. The van der Waals surface area contributed by atoms with E-state index in [-0.39, 0.29) is 0 Å². The molecule has 3 nitrogen and oxygen atoms in total. The van der Waals surface area contributed by atoms with Crippen molar-refractivity contribution in [1.29, 1.82) is 0 Å². The van der Waals surface area contributed by atoms with Crippen LogP contribution in [0.4, 0.5) is 5.69 Å². The highest BCUT2D eigenvalue weighted by molar-refractivity contribution is 7.13. The minimum atomic E-state index is 0.705. The number of aromatic amines is 1. The van der Waals surface area contributed by atoms with Crippen LogP contribution in [0.1, 0.15) is 5.56 Å². The average molecular weight is 179 g/mol. The predicted octanol–water partition coefficient (Wildman–Crippen LogP) is 2.03. The van der Waals surface area contributed by atoms with Gasteiger partial charge >= 0.3 is 0 Å². The Morgan fingerprint density at radius 1 is 1.58 bits per heavy atom. The number of nitrogen functional groups attached to an aromatic ring is 1. The van der Waals surface area contributed by atoms with Crippen molar-refractivity contribution in [3.8, 4) is 10.6 Å². The second kappa shape index (κ2) is 2.64. The maximum absolute atomic E-state index is 5.69. The van der Waals surface area contributed by atoms with Crippen LogP contribution in [0.2, 0.25) is 0 Å². The predicted molar refractivity (Wildman–Crippen MR) is 51.1 cm³/mol. The Bertz CT molecular complexity index is 388. The van der Waals surface area contributed by atoms with Gasteiger partial charge < -0.3 is 5.73 Å². The van der Waals surface area contributed by atoms with Crippen molar-refractivity contribution in [2.45, 2.75) is 6.92 Å². The van der Waals surface area contributed by atoms with Gasteiger partial charge in [0.05, 0.1) is 22.5 Å². The number of hydrogen-bond donors (Lipinski definition) is 2.